The number of carboxylic acid groups (broad SMARTS) is 1. The van der Waals surface area contributed by atoms with Crippen LogP contribution in [0.2, 0.25) is 5.02 Å². The van der Waals surface area contributed by atoms with E-state index < -0.39 is 5.97 Å². The molecular weight excluding hydrogens is 280 g/mol. The highest BCUT2D eigenvalue weighted by Crippen LogP contribution is 2.29. The van der Waals surface area contributed by atoms with Gasteiger partial charge in [-0.15, -0.1) is 0 Å². The minimum absolute atomic E-state index is 0.261. The summed E-state index contributed by atoms with van der Waals surface area (Å²) in [6.07, 6.45) is 2.14. The number of carbonyl (C=O) groups is 2. The topological polar surface area (TPSA) is 69.6 Å². The maximum Gasteiger partial charge on any atom is 0.323 e. The van der Waals surface area contributed by atoms with Gasteiger partial charge in [0.2, 0.25) is 0 Å². The summed E-state index contributed by atoms with van der Waals surface area (Å²) < 4.78 is 0. The first kappa shape index (κ1) is 14.7. The highest BCUT2D eigenvalue weighted by atomic mass is 35.5. The van der Waals surface area contributed by atoms with Crippen LogP contribution in [0.5, 0.6) is 0 Å². The monoisotopic (exact) mass is 296 g/mol. The number of carbonyl (C=O) groups excluding carboxylic acids is 1. The smallest absolute Gasteiger partial charge is 0.323 e. The molecule has 2 amide bonds. The fraction of sp³-hybridized carbons (Fsp3) is 0.429. The second-order valence-electron chi connectivity index (χ2n) is 5.00. The molecule has 0 unspecified atom stereocenters. The van der Waals surface area contributed by atoms with Crippen molar-refractivity contribution in [1.82, 2.24) is 10.2 Å². The number of benzene rings is 1. The Morgan fingerprint density at radius 3 is 2.50 bits per heavy atom. The molecule has 1 aliphatic carbocycles. The average Bonchev–Trinajstić information content (AvgIpc) is 3.20. The van der Waals surface area contributed by atoms with Gasteiger partial charge >= 0.3 is 12.0 Å². The number of nitrogens with one attached hydrogen (secondary N) is 1. The molecule has 0 aromatic heterocycles. The van der Waals surface area contributed by atoms with Gasteiger partial charge in [-0.05, 0) is 36.5 Å². The number of nitrogens with zero attached hydrogens (tertiary/aromatic N) is 1. The Hall–Kier alpha value is -1.75. The van der Waals surface area contributed by atoms with Gasteiger partial charge in [-0.3, -0.25) is 4.79 Å². The van der Waals surface area contributed by atoms with Gasteiger partial charge in [0.1, 0.15) is 6.54 Å². The standard InChI is InChI=1S/C14H17ClN2O3/c15-12-5-3-10(4-6-12)7-16-14(20)17(9-13(18)19)8-11-1-2-11/h3-6,11H,1-2,7-9H2,(H,16,20)(H,18,19). The van der Waals surface area contributed by atoms with Crippen LogP contribution in [0.1, 0.15) is 18.4 Å². The summed E-state index contributed by atoms with van der Waals surface area (Å²) in [6, 6.07) is 6.81. The van der Waals surface area contributed by atoms with Gasteiger partial charge in [0.05, 0.1) is 0 Å². The fourth-order valence-corrected chi connectivity index (χ4v) is 2.01. The molecule has 0 saturated heterocycles. The first-order chi connectivity index (χ1) is 9.54. The second-order valence-corrected chi connectivity index (χ2v) is 5.44. The first-order valence-corrected chi connectivity index (χ1v) is 6.91. The molecule has 1 aliphatic rings. The number of hydrogen-bond donors (Lipinski definition) is 2. The molecule has 0 heterocycles. The van der Waals surface area contributed by atoms with Crippen LogP contribution in [0.4, 0.5) is 4.79 Å². The zero-order valence-corrected chi connectivity index (χ0v) is 11.8. The molecule has 0 aliphatic heterocycles. The normalized spacial score (nSPS) is 13.8. The van der Waals surface area contributed by atoms with Crippen LogP contribution in [-0.2, 0) is 11.3 Å². The van der Waals surface area contributed by atoms with Crippen molar-refractivity contribution in [1.29, 1.82) is 0 Å². The third kappa shape index (κ3) is 4.74. The van der Waals surface area contributed by atoms with Crippen LogP contribution in [-0.4, -0.2) is 35.1 Å². The number of amides is 2. The van der Waals surface area contributed by atoms with Gasteiger partial charge < -0.3 is 15.3 Å². The van der Waals surface area contributed by atoms with Crippen molar-refractivity contribution in [3.05, 3.63) is 34.9 Å². The van der Waals surface area contributed by atoms with E-state index in [1.807, 2.05) is 12.1 Å². The number of hydrogen-bond acceptors (Lipinski definition) is 2. The first-order valence-electron chi connectivity index (χ1n) is 6.53. The highest BCUT2D eigenvalue weighted by Gasteiger charge is 2.27. The average molecular weight is 297 g/mol. The predicted molar refractivity (Wildman–Crippen MR) is 75.6 cm³/mol. The Morgan fingerprint density at radius 1 is 1.30 bits per heavy atom. The van der Waals surface area contributed by atoms with Crippen LogP contribution in [0, 0.1) is 5.92 Å². The molecule has 1 fully saturated rings. The van der Waals surface area contributed by atoms with Crippen molar-refractivity contribution in [2.24, 2.45) is 5.92 Å². The molecule has 1 saturated carbocycles. The number of aliphatic carboxylic acids is 1. The molecule has 108 valence electrons. The van der Waals surface area contributed by atoms with Crippen LogP contribution < -0.4 is 5.32 Å². The Kier molecular flexibility index (Phi) is 4.84. The van der Waals surface area contributed by atoms with Crippen molar-refractivity contribution in [2.45, 2.75) is 19.4 Å². The van der Waals surface area contributed by atoms with E-state index in [1.54, 1.807) is 12.1 Å². The summed E-state index contributed by atoms with van der Waals surface area (Å²) in [5.74, 6) is -0.539. The summed E-state index contributed by atoms with van der Waals surface area (Å²) in [5.41, 5.74) is 0.921. The van der Waals surface area contributed by atoms with E-state index in [-0.39, 0.29) is 12.6 Å². The van der Waals surface area contributed by atoms with Crippen molar-refractivity contribution in [3.8, 4) is 0 Å². The highest BCUT2D eigenvalue weighted by molar-refractivity contribution is 6.30. The molecule has 0 bridgehead atoms. The molecule has 0 atom stereocenters. The second kappa shape index (κ2) is 6.61. The Labute approximate surface area is 122 Å². The summed E-state index contributed by atoms with van der Waals surface area (Å²) in [6.45, 7) is 0.610. The van der Waals surface area contributed by atoms with E-state index in [0.29, 0.717) is 24.0 Å². The lowest BCUT2D eigenvalue weighted by atomic mass is 10.2. The quantitative estimate of drug-likeness (QED) is 0.846. The van der Waals surface area contributed by atoms with Gasteiger partial charge in [-0.1, -0.05) is 23.7 Å². The molecular formula is C14H17ClN2O3. The van der Waals surface area contributed by atoms with Crippen molar-refractivity contribution in [3.63, 3.8) is 0 Å². The van der Waals surface area contributed by atoms with E-state index >= 15 is 0 Å². The molecule has 0 radical (unpaired) electrons. The maximum atomic E-state index is 12.0. The van der Waals surface area contributed by atoms with Crippen LogP contribution in [0.25, 0.3) is 0 Å². The molecule has 2 N–H and O–H groups in total. The molecule has 20 heavy (non-hydrogen) atoms. The molecule has 1 aromatic rings. The Bertz CT molecular complexity index is 486. The largest absolute Gasteiger partial charge is 0.480 e. The predicted octanol–water partition coefficient (Wildman–Crippen LogP) is 2.35. The molecule has 1 aromatic carbocycles. The van der Waals surface area contributed by atoms with Gasteiger partial charge in [-0.2, -0.15) is 0 Å². The van der Waals surface area contributed by atoms with Crippen molar-refractivity contribution < 1.29 is 14.7 Å². The van der Waals surface area contributed by atoms with Gasteiger partial charge in [0.25, 0.3) is 0 Å². The van der Waals surface area contributed by atoms with Gasteiger partial charge in [-0.25, -0.2) is 4.79 Å². The Morgan fingerprint density at radius 2 is 1.95 bits per heavy atom. The molecule has 5 nitrogen and oxygen atoms in total. The van der Waals surface area contributed by atoms with Crippen LogP contribution in [0.15, 0.2) is 24.3 Å². The lowest BCUT2D eigenvalue weighted by Crippen LogP contribution is -2.43. The minimum atomic E-state index is -0.993. The van der Waals surface area contributed by atoms with Crippen molar-refractivity contribution >= 4 is 23.6 Å². The van der Waals surface area contributed by atoms with Crippen molar-refractivity contribution in [2.75, 3.05) is 13.1 Å². The zero-order valence-electron chi connectivity index (χ0n) is 11.0. The maximum absolute atomic E-state index is 12.0. The third-order valence-corrected chi connectivity index (χ3v) is 3.40. The van der Waals surface area contributed by atoms with E-state index in [0.717, 1.165) is 18.4 Å². The lowest BCUT2D eigenvalue weighted by molar-refractivity contribution is -0.137. The lowest BCUT2D eigenvalue weighted by Gasteiger charge is -2.21. The minimum Gasteiger partial charge on any atom is -0.480 e. The molecule has 6 heteroatoms. The number of carboxylic acids is 1. The van der Waals surface area contributed by atoms with E-state index in [4.69, 9.17) is 16.7 Å². The van der Waals surface area contributed by atoms with Crippen LogP contribution >= 0.6 is 11.6 Å². The van der Waals surface area contributed by atoms with Gasteiger partial charge in [0.15, 0.2) is 0 Å². The summed E-state index contributed by atoms with van der Waals surface area (Å²) in [7, 11) is 0. The van der Waals surface area contributed by atoms with E-state index in [2.05, 4.69) is 5.32 Å². The Balaban J connectivity index is 1.86. The molecule has 2 rings (SSSR count). The third-order valence-electron chi connectivity index (χ3n) is 3.15. The van der Waals surface area contributed by atoms with E-state index in [9.17, 15) is 9.59 Å². The number of halogens is 1. The van der Waals surface area contributed by atoms with Gasteiger partial charge in [0, 0.05) is 18.1 Å². The zero-order chi connectivity index (χ0) is 14.5. The molecule has 0 spiro atoms. The number of urea groups is 1. The summed E-state index contributed by atoms with van der Waals surface area (Å²) >= 11 is 5.79. The summed E-state index contributed by atoms with van der Waals surface area (Å²) in [4.78, 5) is 24.2. The fourth-order valence-electron chi connectivity index (χ4n) is 1.89. The van der Waals surface area contributed by atoms with E-state index in [1.165, 1.54) is 4.90 Å². The number of rotatable bonds is 6. The summed E-state index contributed by atoms with van der Waals surface area (Å²) in [5, 5.41) is 12.2. The van der Waals surface area contributed by atoms with Crippen LogP contribution in [0.3, 0.4) is 0 Å². The SMILES string of the molecule is O=C(O)CN(CC1CC1)C(=O)NCc1ccc(Cl)cc1.